The summed E-state index contributed by atoms with van der Waals surface area (Å²) in [6.45, 7) is 1.70. The average Bonchev–Trinajstić information content (AvgIpc) is 2.05. The Bertz CT molecular complexity index is 231. The molecule has 1 N–H and O–H groups in total. The number of oxime groups is 1. The van der Waals surface area contributed by atoms with Crippen LogP contribution in [0, 0.1) is 0 Å². The Morgan fingerprint density at radius 3 is 2.90 bits per heavy atom. The minimum Gasteiger partial charge on any atom is -0.411 e. The second-order valence-electron chi connectivity index (χ2n) is 1.90. The molecule has 52 valence electrons. The van der Waals surface area contributed by atoms with Crippen molar-refractivity contribution in [2.24, 2.45) is 5.16 Å². The van der Waals surface area contributed by atoms with Gasteiger partial charge >= 0.3 is 0 Å². The van der Waals surface area contributed by atoms with E-state index in [0.717, 1.165) is 0 Å². The summed E-state index contributed by atoms with van der Waals surface area (Å²) >= 11 is 0. The van der Waals surface area contributed by atoms with Crippen molar-refractivity contribution in [3.05, 3.63) is 30.1 Å². The van der Waals surface area contributed by atoms with Gasteiger partial charge in [-0.3, -0.25) is 4.98 Å². The number of hydrogen-bond donors (Lipinski definition) is 1. The van der Waals surface area contributed by atoms with Crippen LogP contribution in [-0.2, 0) is 0 Å². The molecule has 0 aliphatic carbocycles. The van der Waals surface area contributed by atoms with Gasteiger partial charge in [-0.25, -0.2) is 0 Å². The summed E-state index contributed by atoms with van der Waals surface area (Å²) in [6, 6.07) is 5.44. The molecule has 0 fully saturated rings. The Hall–Kier alpha value is -1.38. The van der Waals surface area contributed by atoms with Crippen LogP contribution in [0.4, 0.5) is 0 Å². The second kappa shape index (κ2) is 2.96. The highest BCUT2D eigenvalue weighted by Gasteiger charge is 1.94. The van der Waals surface area contributed by atoms with Gasteiger partial charge in [0.2, 0.25) is 0 Å². The first-order chi connectivity index (χ1) is 4.84. The standard InChI is InChI=1S/C7H8N2O/c1-6(9-10)7-4-2-3-5-8-7/h2-5,10H,1H3/b9-6+. The number of pyridine rings is 1. The quantitative estimate of drug-likeness (QED) is 0.359. The second-order valence-corrected chi connectivity index (χ2v) is 1.90. The lowest BCUT2D eigenvalue weighted by molar-refractivity contribution is 0.319. The summed E-state index contributed by atoms with van der Waals surface area (Å²) < 4.78 is 0. The van der Waals surface area contributed by atoms with Gasteiger partial charge in [0.25, 0.3) is 0 Å². The van der Waals surface area contributed by atoms with Crippen LogP contribution in [-0.4, -0.2) is 15.9 Å². The summed E-state index contributed by atoms with van der Waals surface area (Å²) in [4.78, 5) is 3.96. The van der Waals surface area contributed by atoms with Crippen LogP contribution in [0.5, 0.6) is 0 Å². The Balaban J connectivity index is 2.96. The molecule has 1 aromatic rings. The molecule has 0 saturated heterocycles. The van der Waals surface area contributed by atoms with Crippen molar-refractivity contribution in [1.29, 1.82) is 0 Å². The van der Waals surface area contributed by atoms with Crippen molar-refractivity contribution in [3.8, 4) is 0 Å². The van der Waals surface area contributed by atoms with E-state index in [-0.39, 0.29) is 0 Å². The molecular formula is C7H8N2O. The average molecular weight is 136 g/mol. The topological polar surface area (TPSA) is 45.5 Å². The van der Waals surface area contributed by atoms with E-state index in [4.69, 9.17) is 5.21 Å². The van der Waals surface area contributed by atoms with Crippen LogP contribution in [0.2, 0.25) is 0 Å². The molecule has 0 unspecified atom stereocenters. The van der Waals surface area contributed by atoms with Gasteiger partial charge in [-0.1, -0.05) is 11.2 Å². The molecule has 3 heteroatoms. The van der Waals surface area contributed by atoms with Crippen molar-refractivity contribution < 1.29 is 5.21 Å². The van der Waals surface area contributed by atoms with Crippen LogP contribution in [0.3, 0.4) is 0 Å². The predicted octanol–water partition coefficient (Wildman–Crippen LogP) is 1.28. The van der Waals surface area contributed by atoms with Crippen LogP contribution in [0.15, 0.2) is 29.6 Å². The lowest BCUT2D eigenvalue weighted by Crippen LogP contribution is -1.96. The Kier molecular flexibility index (Phi) is 1.99. The van der Waals surface area contributed by atoms with E-state index < -0.39 is 0 Å². The third kappa shape index (κ3) is 1.31. The summed E-state index contributed by atoms with van der Waals surface area (Å²) in [7, 11) is 0. The molecule has 0 aliphatic heterocycles. The zero-order valence-corrected chi connectivity index (χ0v) is 5.65. The maximum atomic E-state index is 8.34. The Morgan fingerprint density at radius 2 is 2.40 bits per heavy atom. The van der Waals surface area contributed by atoms with Gasteiger partial charge in [-0.15, -0.1) is 0 Å². The zero-order valence-electron chi connectivity index (χ0n) is 5.65. The highest BCUT2D eigenvalue weighted by Crippen LogP contribution is 1.94. The summed E-state index contributed by atoms with van der Waals surface area (Å²) in [5.74, 6) is 0. The first-order valence-electron chi connectivity index (χ1n) is 2.94. The van der Waals surface area contributed by atoms with Crippen molar-refractivity contribution in [1.82, 2.24) is 4.98 Å². The molecule has 0 spiro atoms. The largest absolute Gasteiger partial charge is 0.411 e. The van der Waals surface area contributed by atoms with Gasteiger partial charge in [0.05, 0.1) is 5.69 Å². The fourth-order valence-corrected chi connectivity index (χ4v) is 0.628. The van der Waals surface area contributed by atoms with E-state index >= 15 is 0 Å². The van der Waals surface area contributed by atoms with Gasteiger partial charge in [-0.05, 0) is 19.1 Å². The number of aromatic nitrogens is 1. The van der Waals surface area contributed by atoms with E-state index in [1.165, 1.54) is 0 Å². The zero-order chi connectivity index (χ0) is 7.40. The van der Waals surface area contributed by atoms with Crippen LogP contribution < -0.4 is 0 Å². The fourth-order valence-electron chi connectivity index (χ4n) is 0.628. The minimum absolute atomic E-state index is 0.528. The molecule has 0 amide bonds. The molecule has 0 aliphatic rings. The normalized spacial score (nSPS) is 11.5. The van der Waals surface area contributed by atoms with Crippen molar-refractivity contribution in [2.45, 2.75) is 6.92 Å². The van der Waals surface area contributed by atoms with Crippen LogP contribution in [0.25, 0.3) is 0 Å². The summed E-state index contributed by atoms with van der Waals surface area (Å²) in [5.41, 5.74) is 1.23. The van der Waals surface area contributed by atoms with Gasteiger partial charge < -0.3 is 5.21 Å². The van der Waals surface area contributed by atoms with E-state index in [2.05, 4.69) is 10.1 Å². The van der Waals surface area contributed by atoms with Gasteiger partial charge in [0, 0.05) is 6.20 Å². The highest BCUT2D eigenvalue weighted by molar-refractivity contribution is 5.96. The van der Waals surface area contributed by atoms with E-state index in [0.29, 0.717) is 11.4 Å². The molecule has 0 atom stereocenters. The molecular weight excluding hydrogens is 128 g/mol. The van der Waals surface area contributed by atoms with E-state index in [1.807, 2.05) is 12.1 Å². The third-order valence-corrected chi connectivity index (χ3v) is 1.19. The summed E-state index contributed by atoms with van der Waals surface area (Å²) in [6.07, 6.45) is 1.66. The molecule has 1 heterocycles. The molecule has 0 saturated carbocycles. The molecule has 1 aromatic heterocycles. The lowest BCUT2D eigenvalue weighted by Gasteiger charge is -1.93. The molecule has 0 bridgehead atoms. The Labute approximate surface area is 59.0 Å². The fraction of sp³-hybridized carbons (Fsp3) is 0.143. The molecule has 0 aromatic carbocycles. The van der Waals surface area contributed by atoms with Crippen molar-refractivity contribution >= 4 is 5.71 Å². The molecule has 10 heavy (non-hydrogen) atoms. The van der Waals surface area contributed by atoms with E-state index in [9.17, 15) is 0 Å². The van der Waals surface area contributed by atoms with Gasteiger partial charge in [0.15, 0.2) is 0 Å². The first-order valence-corrected chi connectivity index (χ1v) is 2.94. The minimum atomic E-state index is 0.528. The monoisotopic (exact) mass is 136 g/mol. The smallest absolute Gasteiger partial charge is 0.102 e. The number of hydrogen-bond acceptors (Lipinski definition) is 3. The van der Waals surface area contributed by atoms with Gasteiger partial charge in [0.1, 0.15) is 5.71 Å². The number of nitrogens with zero attached hydrogens (tertiary/aromatic N) is 2. The predicted molar refractivity (Wildman–Crippen MR) is 38.2 cm³/mol. The van der Waals surface area contributed by atoms with Crippen molar-refractivity contribution in [3.63, 3.8) is 0 Å². The molecule has 3 nitrogen and oxygen atoms in total. The Morgan fingerprint density at radius 1 is 1.60 bits per heavy atom. The van der Waals surface area contributed by atoms with Crippen LogP contribution >= 0.6 is 0 Å². The maximum absolute atomic E-state index is 8.34. The molecule has 0 radical (unpaired) electrons. The lowest BCUT2D eigenvalue weighted by atomic mass is 10.3. The number of rotatable bonds is 1. The van der Waals surface area contributed by atoms with Crippen LogP contribution in [0.1, 0.15) is 12.6 Å². The highest BCUT2D eigenvalue weighted by atomic mass is 16.4. The summed E-state index contributed by atoms with van der Waals surface area (Å²) in [5, 5.41) is 11.3. The van der Waals surface area contributed by atoms with Gasteiger partial charge in [-0.2, -0.15) is 0 Å². The first kappa shape index (κ1) is 6.74. The maximum Gasteiger partial charge on any atom is 0.102 e. The van der Waals surface area contributed by atoms with E-state index in [1.54, 1.807) is 19.2 Å². The SMILES string of the molecule is C/C(=N\O)c1ccccn1. The third-order valence-electron chi connectivity index (χ3n) is 1.19. The van der Waals surface area contributed by atoms with Crippen molar-refractivity contribution in [2.75, 3.05) is 0 Å². The molecule has 1 rings (SSSR count).